The van der Waals surface area contributed by atoms with Crippen molar-refractivity contribution >= 4 is 0 Å². The number of hydrogen-bond acceptors (Lipinski definition) is 2. The second-order valence-electron chi connectivity index (χ2n) is 2.45. The molecule has 10 heavy (non-hydrogen) atoms. The average Bonchev–Trinajstić information content (AvgIpc) is 1.92. The fourth-order valence-electron chi connectivity index (χ4n) is 0.737. The van der Waals surface area contributed by atoms with Gasteiger partial charge in [-0.05, 0) is 20.3 Å². The van der Waals surface area contributed by atoms with Gasteiger partial charge in [0.05, 0.1) is 13.2 Å². The molecule has 0 amide bonds. The van der Waals surface area contributed by atoms with Crippen molar-refractivity contribution in [2.45, 2.75) is 39.9 Å². The van der Waals surface area contributed by atoms with Crippen LogP contribution in [0.4, 0.5) is 0 Å². The van der Waals surface area contributed by atoms with Crippen molar-refractivity contribution in [3.05, 3.63) is 0 Å². The lowest BCUT2D eigenvalue weighted by Crippen LogP contribution is -2.33. The van der Waals surface area contributed by atoms with E-state index < -0.39 is 0 Å². The largest absolute Gasteiger partial charge is 0.350 e. The maximum absolute atomic E-state index is 5.24. The molecule has 1 aliphatic rings. The summed E-state index contributed by atoms with van der Waals surface area (Å²) >= 11 is 0. The molecule has 62 valence electrons. The van der Waals surface area contributed by atoms with Gasteiger partial charge in [0.2, 0.25) is 0 Å². The number of hydrogen-bond donors (Lipinski definition) is 0. The van der Waals surface area contributed by atoms with E-state index >= 15 is 0 Å². The molecule has 0 unspecified atom stereocenters. The topological polar surface area (TPSA) is 18.5 Å². The lowest BCUT2D eigenvalue weighted by atomic mass is 10.3. The summed E-state index contributed by atoms with van der Waals surface area (Å²) in [6, 6.07) is 0. The van der Waals surface area contributed by atoms with Gasteiger partial charge in [0, 0.05) is 0 Å². The Balaban J connectivity index is 0.000000371. The van der Waals surface area contributed by atoms with E-state index in [0.29, 0.717) is 0 Å². The fraction of sp³-hybridized carbons (Fsp3) is 1.00. The molecule has 0 aliphatic carbocycles. The normalized spacial score (nSPS) is 22.8. The van der Waals surface area contributed by atoms with Gasteiger partial charge in [0.25, 0.3) is 0 Å². The molecule has 0 radical (unpaired) electrons. The van der Waals surface area contributed by atoms with Gasteiger partial charge < -0.3 is 9.47 Å². The van der Waals surface area contributed by atoms with Gasteiger partial charge in [-0.1, -0.05) is 13.8 Å². The van der Waals surface area contributed by atoms with E-state index in [2.05, 4.69) is 0 Å². The van der Waals surface area contributed by atoms with Gasteiger partial charge in [-0.15, -0.1) is 0 Å². The third-order valence-corrected chi connectivity index (χ3v) is 1.19. The molecule has 2 heteroatoms. The molecule has 0 aromatic heterocycles. The Hall–Kier alpha value is -0.0800. The molecule has 0 saturated carbocycles. The molecule has 0 aromatic carbocycles. The Morgan fingerprint density at radius 3 is 1.60 bits per heavy atom. The van der Waals surface area contributed by atoms with E-state index in [1.165, 1.54) is 0 Å². The summed E-state index contributed by atoms with van der Waals surface area (Å²) in [5.41, 5.74) is 0. The van der Waals surface area contributed by atoms with E-state index in [9.17, 15) is 0 Å². The van der Waals surface area contributed by atoms with E-state index in [1.807, 2.05) is 27.7 Å². The third-order valence-electron chi connectivity index (χ3n) is 1.19. The predicted octanol–water partition coefficient (Wildman–Crippen LogP) is 2.19. The van der Waals surface area contributed by atoms with Crippen LogP contribution in [0.25, 0.3) is 0 Å². The van der Waals surface area contributed by atoms with Gasteiger partial charge in [-0.3, -0.25) is 0 Å². The van der Waals surface area contributed by atoms with Crippen LogP contribution in [-0.2, 0) is 9.47 Å². The molecule has 0 N–H and O–H groups in total. The molecule has 0 atom stereocenters. The van der Waals surface area contributed by atoms with Crippen molar-refractivity contribution in [2.75, 3.05) is 13.2 Å². The predicted molar refractivity (Wildman–Crippen MR) is 41.9 cm³/mol. The Bertz CT molecular complexity index is 71.3. The standard InChI is InChI=1S/C6H12O2.C2H6/c1-6(2)7-4-3-5-8-6;1-2/h3-5H2,1-2H3;1-2H3. The molecule has 2 nitrogen and oxygen atoms in total. The van der Waals surface area contributed by atoms with Crippen molar-refractivity contribution in [3.63, 3.8) is 0 Å². The highest BCUT2D eigenvalue weighted by atomic mass is 16.7. The van der Waals surface area contributed by atoms with Gasteiger partial charge in [-0.2, -0.15) is 0 Å². The summed E-state index contributed by atoms with van der Waals surface area (Å²) in [5, 5.41) is 0. The van der Waals surface area contributed by atoms with Crippen LogP contribution < -0.4 is 0 Å². The zero-order chi connectivity index (χ0) is 8.04. The highest BCUT2D eigenvalue weighted by molar-refractivity contribution is 4.57. The fourth-order valence-corrected chi connectivity index (χ4v) is 0.737. The summed E-state index contributed by atoms with van der Waals surface area (Å²) < 4.78 is 10.5. The van der Waals surface area contributed by atoms with Gasteiger partial charge in [0.1, 0.15) is 0 Å². The molecule has 0 spiro atoms. The van der Waals surface area contributed by atoms with Crippen LogP contribution in [-0.4, -0.2) is 19.0 Å². The first-order chi connectivity index (χ1) is 4.71. The summed E-state index contributed by atoms with van der Waals surface area (Å²) in [4.78, 5) is 0. The van der Waals surface area contributed by atoms with Crippen LogP contribution in [0.3, 0.4) is 0 Å². The molecule has 0 aromatic rings. The maximum atomic E-state index is 5.24. The second kappa shape index (κ2) is 4.69. The molecule has 1 aliphatic heterocycles. The first-order valence-electron chi connectivity index (χ1n) is 3.99. The van der Waals surface area contributed by atoms with Gasteiger partial charge >= 0.3 is 0 Å². The van der Waals surface area contributed by atoms with E-state index in [0.717, 1.165) is 19.6 Å². The molecule has 1 saturated heterocycles. The molecule has 1 fully saturated rings. The van der Waals surface area contributed by atoms with Crippen LogP contribution in [0.15, 0.2) is 0 Å². The first kappa shape index (κ1) is 9.92. The van der Waals surface area contributed by atoms with Crippen molar-refractivity contribution in [1.29, 1.82) is 0 Å². The quantitative estimate of drug-likeness (QED) is 0.521. The zero-order valence-electron chi connectivity index (χ0n) is 7.44. The first-order valence-corrected chi connectivity index (χ1v) is 3.99. The van der Waals surface area contributed by atoms with Crippen LogP contribution in [0.5, 0.6) is 0 Å². The lowest BCUT2D eigenvalue weighted by molar-refractivity contribution is -0.244. The SMILES string of the molecule is CC.CC1(C)OCCCO1. The Morgan fingerprint density at radius 2 is 1.40 bits per heavy atom. The van der Waals surface area contributed by atoms with Crippen molar-refractivity contribution in [3.8, 4) is 0 Å². The Kier molecular flexibility index (Phi) is 4.65. The van der Waals surface area contributed by atoms with Crippen LogP contribution >= 0.6 is 0 Å². The zero-order valence-corrected chi connectivity index (χ0v) is 7.44. The van der Waals surface area contributed by atoms with E-state index in [-0.39, 0.29) is 5.79 Å². The molecule has 1 heterocycles. The van der Waals surface area contributed by atoms with Crippen molar-refractivity contribution < 1.29 is 9.47 Å². The van der Waals surface area contributed by atoms with Gasteiger partial charge in [0.15, 0.2) is 5.79 Å². The molecule has 1 rings (SSSR count). The van der Waals surface area contributed by atoms with E-state index in [1.54, 1.807) is 0 Å². The highest BCUT2D eigenvalue weighted by Gasteiger charge is 2.21. The summed E-state index contributed by atoms with van der Waals surface area (Å²) in [7, 11) is 0. The molecular formula is C8H18O2. The van der Waals surface area contributed by atoms with Crippen LogP contribution in [0.2, 0.25) is 0 Å². The Morgan fingerprint density at radius 1 is 1.00 bits per heavy atom. The minimum atomic E-state index is -0.321. The molecular weight excluding hydrogens is 128 g/mol. The summed E-state index contributed by atoms with van der Waals surface area (Å²) in [6.07, 6.45) is 1.03. The summed E-state index contributed by atoms with van der Waals surface area (Å²) in [6.45, 7) is 9.55. The summed E-state index contributed by atoms with van der Waals surface area (Å²) in [5.74, 6) is -0.321. The van der Waals surface area contributed by atoms with Crippen molar-refractivity contribution in [2.24, 2.45) is 0 Å². The smallest absolute Gasteiger partial charge is 0.162 e. The lowest BCUT2D eigenvalue weighted by Gasteiger charge is -2.29. The Labute approximate surface area is 63.5 Å². The molecule has 0 bridgehead atoms. The maximum Gasteiger partial charge on any atom is 0.162 e. The minimum Gasteiger partial charge on any atom is -0.350 e. The van der Waals surface area contributed by atoms with Crippen molar-refractivity contribution in [1.82, 2.24) is 0 Å². The van der Waals surface area contributed by atoms with Gasteiger partial charge in [-0.25, -0.2) is 0 Å². The number of ether oxygens (including phenoxy) is 2. The monoisotopic (exact) mass is 146 g/mol. The van der Waals surface area contributed by atoms with E-state index in [4.69, 9.17) is 9.47 Å². The van der Waals surface area contributed by atoms with Crippen LogP contribution in [0, 0.1) is 0 Å². The average molecular weight is 146 g/mol. The highest BCUT2D eigenvalue weighted by Crippen LogP contribution is 2.15. The third kappa shape index (κ3) is 3.85. The number of rotatable bonds is 0. The second-order valence-corrected chi connectivity index (χ2v) is 2.45. The minimum absolute atomic E-state index is 0.321. The van der Waals surface area contributed by atoms with Crippen LogP contribution in [0.1, 0.15) is 34.1 Å².